The van der Waals surface area contributed by atoms with Gasteiger partial charge < -0.3 is 10.0 Å². The molecule has 1 N–H and O–H groups in total. The van der Waals surface area contributed by atoms with E-state index in [2.05, 4.69) is 5.10 Å². The lowest BCUT2D eigenvalue weighted by atomic mass is 10.1. The van der Waals surface area contributed by atoms with E-state index >= 15 is 0 Å². The van der Waals surface area contributed by atoms with Crippen molar-refractivity contribution in [3.05, 3.63) is 30.5 Å². The van der Waals surface area contributed by atoms with Gasteiger partial charge in [-0.3, -0.25) is 14.3 Å². The fourth-order valence-corrected chi connectivity index (χ4v) is 2.95. The van der Waals surface area contributed by atoms with Crippen LogP contribution >= 0.6 is 0 Å². The fourth-order valence-electron chi connectivity index (χ4n) is 2.95. The van der Waals surface area contributed by atoms with Crippen LogP contribution in [-0.2, 0) is 16.1 Å². The molecule has 1 aromatic carbocycles. The first-order valence-electron chi connectivity index (χ1n) is 7.07. The van der Waals surface area contributed by atoms with Crippen LogP contribution in [0.1, 0.15) is 19.3 Å². The van der Waals surface area contributed by atoms with E-state index in [9.17, 15) is 9.59 Å². The molecular formula is C15H17N3O3. The van der Waals surface area contributed by atoms with Crippen molar-refractivity contribution in [2.45, 2.75) is 31.8 Å². The summed E-state index contributed by atoms with van der Waals surface area (Å²) in [6.45, 7) is 0.791. The first-order chi connectivity index (χ1) is 10.1. The maximum atomic E-state index is 12.4. The standard InChI is InChI=1S/C15H17N3O3/c19-14(17-7-3-5-12(17)8-15(20)21)10-18-13-6-2-1-4-11(13)9-16-18/h1-2,4,6,9,12H,3,5,7-8,10H2,(H,20,21). The Kier molecular flexibility index (Phi) is 3.60. The van der Waals surface area contributed by atoms with Crippen LogP contribution in [0.25, 0.3) is 10.9 Å². The van der Waals surface area contributed by atoms with E-state index in [-0.39, 0.29) is 24.9 Å². The summed E-state index contributed by atoms with van der Waals surface area (Å²) in [4.78, 5) is 25.0. The molecule has 6 nitrogen and oxygen atoms in total. The second-order valence-corrected chi connectivity index (χ2v) is 5.34. The van der Waals surface area contributed by atoms with Gasteiger partial charge >= 0.3 is 5.97 Å². The van der Waals surface area contributed by atoms with Crippen LogP contribution in [0.3, 0.4) is 0 Å². The van der Waals surface area contributed by atoms with Gasteiger partial charge in [-0.2, -0.15) is 5.10 Å². The molecule has 1 unspecified atom stereocenters. The molecular weight excluding hydrogens is 270 g/mol. The van der Waals surface area contributed by atoms with Gasteiger partial charge in [-0.15, -0.1) is 0 Å². The molecule has 1 aliphatic heterocycles. The smallest absolute Gasteiger partial charge is 0.305 e. The number of carbonyl (C=O) groups excluding carboxylic acids is 1. The molecule has 0 bridgehead atoms. The van der Waals surface area contributed by atoms with Crippen LogP contribution in [0.2, 0.25) is 0 Å². The van der Waals surface area contributed by atoms with Crippen LogP contribution < -0.4 is 0 Å². The number of aliphatic carboxylic acids is 1. The summed E-state index contributed by atoms with van der Waals surface area (Å²) in [6.07, 6.45) is 3.38. The monoisotopic (exact) mass is 287 g/mol. The number of fused-ring (bicyclic) bond motifs is 1. The van der Waals surface area contributed by atoms with E-state index in [0.717, 1.165) is 23.7 Å². The average molecular weight is 287 g/mol. The van der Waals surface area contributed by atoms with Crippen molar-refractivity contribution < 1.29 is 14.7 Å². The Morgan fingerprint density at radius 3 is 2.95 bits per heavy atom. The Balaban J connectivity index is 1.75. The Bertz CT molecular complexity index is 680. The molecule has 0 saturated carbocycles. The van der Waals surface area contributed by atoms with E-state index in [1.54, 1.807) is 15.8 Å². The summed E-state index contributed by atoms with van der Waals surface area (Å²) >= 11 is 0. The molecule has 1 atom stereocenters. The van der Waals surface area contributed by atoms with Gasteiger partial charge in [0.15, 0.2) is 0 Å². The highest BCUT2D eigenvalue weighted by Crippen LogP contribution is 2.21. The van der Waals surface area contributed by atoms with Crippen molar-refractivity contribution >= 4 is 22.8 Å². The molecule has 110 valence electrons. The molecule has 2 heterocycles. The summed E-state index contributed by atoms with van der Waals surface area (Å²) in [5.74, 6) is -0.920. The van der Waals surface area contributed by atoms with Crippen molar-refractivity contribution in [1.29, 1.82) is 0 Å². The third-order valence-corrected chi connectivity index (χ3v) is 3.94. The number of benzene rings is 1. The lowest BCUT2D eigenvalue weighted by molar-refractivity contribution is -0.140. The number of aromatic nitrogens is 2. The third kappa shape index (κ3) is 2.74. The molecule has 0 spiro atoms. The summed E-state index contributed by atoms with van der Waals surface area (Å²) in [5, 5.41) is 14.2. The Morgan fingerprint density at radius 1 is 1.33 bits per heavy atom. The number of rotatable bonds is 4. The van der Waals surface area contributed by atoms with E-state index < -0.39 is 5.97 Å². The average Bonchev–Trinajstić information content (AvgIpc) is 3.06. The molecule has 0 aliphatic carbocycles. The van der Waals surface area contributed by atoms with Crippen LogP contribution in [-0.4, -0.2) is 44.3 Å². The minimum Gasteiger partial charge on any atom is -0.481 e. The fraction of sp³-hybridized carbons (Fsp3) is 0.400. The summed E-state index contributed by atoms with van der Waals surface area (Å²) in [5.41, 5.74) is 0.917. The SMILES string of the molecule is O=C(O)CC1CCCN1C(=O)Cn1ncc2ccccc21. The number of likely N-dealkylation sites (tertiary alicyclic amines) is 1. The first-order valence-corrected chi connectivity index (χ1v) is 7.07. The normalized spacial score (nSPS) is 18.3. The summed E-state index contributed by atoms with van der Waals surface area (Å²) < 4.78 is 1.67. The number of nitrogens with zero attached hydrogens (tertiary/aromatic N) is 3. The minimum atomic E-state index is -0.857. The van der Waals surface area contributed by atoms with E-state index in [1.807, 2.05) is 24.3 Å². The zero-order valence-corrected chi connectivity index (χ0v) is 11.6. The van der Waals surface area contributed by atoms with Crippen LogP contribution in [0.5, 0.6) is 0 Å². The topological polar surface area (TPSA) is 75.4 Å². The van der Waals surface area contributed by atoms with Crippen LogP contribution in [0.4, 0.5) is 0 Å². The molecule has 1 fully saturated rings. The molecule has 1 aromatic heterocycles. The highest BCUT2D eigenvalue weighted by molar-refractivity contribution is 5.82. The van der Waals surface area contributed by atoms with Gasteiger partial charge in [0.1, 0.15) is 6.54 Å². The Morgan fingerprint density at radius 2 is 2.14 bits per heavy atom. The number of carboxylic acid groups (broad SMARTS) is 1. The van der Waals surface area contributed by atoms with Crippen molar-refractivity contribution in [3.8, 4) is 0 Å². The van der Waals surface area contributed by atoms with E-state index in [4.69, 9.17) is 5.11 Å². The number of hydrogen-bond acceptors (Lipinski definition) is 3. The molecule has 1 aliphatic rings. The number of hydrogen-bond donors (Lipinski definition) is 1. The lowest BCUT2D eigenvalue weighted by Crippen LogP contribution is -2.39. The van der Waals surface area contributed by atoms with Crippen LogP contribution in [0, 0.1) is 0 Å². The van der Waals surface area contributed by atoms with Crippen molar-refractivity contribution in [2.24, 2.45) is 0 Å². The molecule has 1 saturated heterocycles. The van der Waals surface area contributed by atoms with Gasteiger partial charge in [0.05, 0.1) is 18.1 Å². The zero-order valence-electron chi connectivity index (χ0n) is 11.6. The highest BCUT2D eigenvalue weighted by atomic mass is 16.4. The highest BCUT2D eigenvalue weighted by Gasteiger charge is 2.30. The van der Waals surface area contributed by atoms with Gasteiger partial charge in [0.2, 0.25) is 5.91 Å². The molecule has 2 aromatic rings. The lowest BCUT2D eigenvalue weighted by Gasteiger charge is -2.23. The molecule has 0 radical (unpaired) electrons. The van der Waals surface area contributed by atoms with Gasteiger partial charge in [-0.1, -0.05) is 18.2 Å². The minimum absolute atomic E-state index is 0.0194. The van der Waals surface area contributed by atoms with E-state index in [1.165, 1.54) is 0 Å². The summed E-state index contributed by atoms with van der Waals surface area (Å²) in [6, 6.07) is 7.53. The van der Waals surface area contributed by atoms with E-state index in [0.29, 0.717) is 6.54 Å². The Hall–Kier alpha value is -2.37. The molecule has 21 heavy (non-hydrogen) atoms. The van der Waals surface area contributed by atoms with Gasteiger partial charge in [-0.05, 0) is 18.9 Å². The second-order valence-electron chi connectivity index (χ2n) is 5.34. The maximum absolute atomic E-state index is 12.4. The zero-order chi connectivity index (χ0) is 14.8. The summed E-state index contributed by atoms with van der Waals surface area (Å²) in [7, 11) is 0. The predicted octanol–water partition coefficient (Wildman–Crippen LogP) is 1.50. The predicted molar refractivity (Wildman–Crippen MR) is 76.7 cm³/mol. The van der Waals surface area contributed by atoms with Crippen LogP contribution in [0.15, 0.2) is 30.5 Å². The quantitative estimate of drug-likeness (QED) is 0.924. The maximum Gasteiger partial charge on any atom is 0.305 e. The third-order valence-electron chi connectivity index (χ3n) is 3.94. The molecule has 6 heteroatoms. The second kappa shape index (κ2) is 5.55. The van der Waals surface area contributed by atoms with Gasteiger partial charge in [-0.25, -0.2) is 0 Å². The van der Waals surface area contributed by atoms with Gasteiger partial charge in [0, 0.05) is 18.0 Å². The van der Waals surface area contributed by atoms with Crippen molar-refractivity contribution in [1.82, 2.24) is 14.7 Å². The number of amides is 1. The molecule has 3 rings (SSSR count). The van der Waals surface area contributed by atoms with Gasteiger partial charge in [0.25, 0.3) is 0 Å². The van der Waals surface area contributed by atoms with Crippen molar-refractivity contribution in [3.63, 3.8) is 0 Å². The number of para-hydroxylation sites is 1. The number of carbonyl (C=O) groups is 2. The van der Waals surface area contributed by atoms with Crippen molar-refractivity contribution in [2.75, 3.05) is 6.54 Å². The first kappa shape index (κ1) is 13.6. The Labute approximate surface area is 122 Å². The largest absolute Gasteiger partial charge is 0.481 e. The number of carboxylic acids is 1. The molecule has 1 amide bonds.